The standard InChI is InChI=1S/C21H34O3/c1-4-6-7-8-9-10-11-12-13-19-14-16-20(17-15-19)24-21(22)23-18(3)5-2/h14-18H,4-13H2,1-3H3. The summed E-state index contributed by atoms with van der Waals surface area (Å²) in [5, 5.41) is 0. The highest BCUT2D eigenvalue weighted by Crippen LogP contribution is 2.16. The Morgan fingerprint density at radius 3 is 2.08 bits per heavy atom. The average molecular weight is 335 g/mol. The fourth-order valence-electron chi connectivity index (χ4n) is 2.56. The van der Waals surface area contributed by atoms with Gasteiger partial charge < -0.3 is 9.47 Å². The van der Waals surface area contributed by atoms with Gasteiger partial charge in [0.2, 0.25) is 0 Å². The highest BCUT2D eigenvalue weighted by molar-refractivity contribution is 5.63. The smallest absolute Gasteiger partial charge is 0.431 e. The second-order valence-corrected chi connectivity index (χ2v) is 6.56. The Morgan fingerprint density at radius 1 is 0.917 bits per heavy atom. The molecule has 0 N–H and O–H groups in total. The zero-order valence-corrected chi connectivity index (χ0v) is 15.7. The lowest BCUT2D eigenvalue weighted by Crippen LogP contribution is -2.17. The van der Waals surface area contributed by atoms with Gasteiger partial charge in [-0.2, -0.15) is 0 Å². The zero-order chi connectivity index (χ0) is 17.6. The second kappa shape index (κ2) is 12.9. The number of ether oxygens (including phenoxy) is 2. The molecule has 0 heterocycles. The molecule has 0 aromatic heterocycles. The fourth-order valence-corrected chi connectivity index (χ4v) is 2.56. The normalized spacial score (nSPS) is 12.0. The van der Waals surface area contributed by atoms with Crippen LogP contribution in [0.1, 0.15) is 84.1 Å². The van der Waals surface area contributed by atoms with Gasteiger partial charge in [0, 0.05) is 0 Å². The summed E-state index contributed by atoms with van der Waals surface area (Å²) in [4.78, 5) is 11.6. The van der Waals surface area contributed by atoms with Crippen LogP contribution in [0.5, 0.6) is 5.75 Å². The van der Waals surface area contributed by atoms with Crippen molar-refractivity contribution in [2.45, 2.75) is 91.1 Å². The van der Waals surface area contributed by atoms with Crippen LogP contribution in [0.15, 0.2) is 24.3 Å². The molecule has 1 atom stereocenters. The van der Waals surface area contributed by atoms with E-state index >= 15 is 0 Å². The van der Waals surface area contributed by atoms with Crippen molar-refractivity contribution in [2.24, 2.45) is 0 Å². The van der Waals surface area contributed by atoms with Gasteiger partial charge in [0.1, 0.15) is 11.9 Å². The van der Waals surface area contributed by atoms with Crippen LogP contribution < -0.4 is 4.74 Å². The molecule has 0 amide bonds. The third kappa shape index (κ3) is 9.59. The van der Waals surface area contributed by atoms with Crippen LogP contribution in [0.4, 0.5) is 4.79 Å². The summed E-state index contributed by atoms with van der Waals surface area (Å²) in [7, 11) is 0. The topological polar surface area (TPSA) is 35.5 Å². The molecule has 0 saturated carbocycles. The van der Waals surface area contributed by atoms with Gasteiger partial charge in [-0.1, -0.05) is 70.9 Å². The Kier molecular flexibility index (Phi) is 11.0. The fraction of sp³-hybridized carbons (Fsp3) is 0.667. The van der Waals surface area contributed by atoms with Crippen LogP contribution in [0.2, 0.25) is 0 Å². The van der Waals surface area contributed by atoms with E-state index in [2.05, 4.69) is 6.92 Å². The largest absolute Gasteiger partial charge is 0.514 e. The Balaban J connectivity index is 2.17. The molecule has 1 aromatic rings. The highest BCUT2D eigenvalue weighted by atomic mass is 16.7. The number of aryl methyl sites for hydroxylation is 1. The minimum atomic E-state index is -0.625. The van der Waals surface area contributed by atoms with Gasteiger partial charge in [-0.25, -0.2) is 4.79 Å². The van der Waals surface area contributed by atoms with Crippen molar-refractivity contribution in [3.8, 4) is 5.75 Å². The van der Waals surface area contributed by atoms with Crippen molar-refractivity contribution >= 4 is 6.16 Å². The lowest BCUT2D eigenvalue weighted by molar-refractivity contribution is 0.0643. The first-order valence-corrected chi connectivity index (χ1v) is 9.63. The molecule has 1 unspecified atom stereocenters. The molecule has 0 radical (unpaired) electrons. The monoisotopic (exact) mass is 334 g/mol. The molecule has 3 nitrogen and oxygen atoms in total. The van der Waals surface area contributed by atoms with E-state index in [1.54, 1.807) is 0 Å². The van der Waals surface area contributed by atoms with Crippen molar-refractivity contribution < 1.29 is 14.3 Å². The molecular weight excluding hydrogens is 300 g/mol. The molecule has 136 valence electrons. The number of carbonyl (C=O) groups is 1. The maximum atomic E-state index is 11.6. The third-order valence-electron chi connectivity index (χ3n) is 4.32. The maximum absolute atomic E-state index is 11.6. The SMILES string of the molecule is CCCCCCCCCCc1ccc(OC(=O)OC(C)CC)cc1. The maximum Gasteiger partial charge on any atom is 0.514 e. The number of hydrogen-bond donors (Lipinski definition) is 0. The van der Waals surface area contributed by atoms with E-state index in [-0.39, 0.29) is 6.10 Å². The van der Waals surface area contributed by atoms with Crippen molar-refractivity contribution in [3.05, 3.63) is 29.8 Å². The Labute approximate surface area is 147 Å². The van der Waals surface area contributed by atoms with Gasteiger partial charge in [-0.15, -0.1) is 0 Å². The van der Waals surface area contributed by atoms with Crippen LogP contribution in [-0.2, 0) is 11.2 Å². The number of benzene rings is 1. The van der Waals surface area contributed by atoms with Crippen molar-refractivity contribution in [3.63, 3.8) is 0 Å². The van der Waals surface area contributed by atoms with E-state index in [0.717, 1.165) is 12.8 Å². The van der Waals surface area contributed by atoms with Crippen LogP contribution in [0, 0.1) is 0 Å². The summed E-state index contributed by atoms with van der Waals surface area (Å²) >= 11 is 0. The van der Waals surface area contributed by atoms with Gasteiger partial charge >= 0.3 is 6.16 Å². The van der Waals surface area contributed by atoms with E-state index < -0.39 is 6.16 Å². The molecule has 1 aromatic carbocycles. The first kappa shape index (κ1) is 20.5. The van der Waals surface area contributed by atoms with Crippen molar-refractivity contribution in [1.82, 2.24) is 0 Å². The lowest BCUT2D eigenvalue weighted by atomic mass is 10.0. The molecule has 0 fully saturated rings. The molecule has 24 heavy (non-hydrogen) atoms. The van der Waals surface area contributed by atoms with Crippen LogP contribution >= 0.6 is 0 Å². The molecule has 0 spiro atoms. The Hall–Kier alpha value is -1.51. The van der Waals surface area contributed by atoms with Gasteiger partial charge in [0.25, 0.3) is 0 Å². The van der Waals surface area contributed by atoms with Crippen molar-refractivity contribution in [1.29, 1.82) is 0 Å². The van der Waals surface area contributed by atoms with E-state index in [0.29, 0.717) is 5.75 Å². The summed E-state index contributed by atoms with van der Waals surface area (Å²) in [6, 6.07) is 7.76. The van der Waals surface area contributed by atoms with Crippen LogP contribution in [-0.4, -0.2) is 12.3 Å². The van der Waals surface area contributed by atoms with Crippen molar-refractivity contribution in [2.75, 3.05) is 0 Å². The minimum Gasteiger partial charge on any atom is -0.431 e. The van der Waals surface area contributed by atoms with E-state index in [4.69, 9.17) is 9.47 Å². The number of hydrogen-bond acceptors (Lipinski definition) is 3. The van der Waals surface area contributed by atoms with E-state index in [9.17, 15) is 4.79 Å². The predicted molar refractivity (Wildman–Crippen MR) is 99.6 cm³/mol. The molecule has 0 saturated heterocycles. The minimum absolute atomic E-state index is 0.112. The molecule has 0 aliphatic carbocycles. The molecule has 0 aliphatic rings. The van der Waals surface area contributed by atoms with Gasteiger partial charge in [-0.3, -0.25) is 0 Å². The molecule has 0 bridgehead atoms. The van der Waals surface area contributed by atoms with Crippen LogP contribution in [0.3, 0.4) is 0 Å². The zero-order valence-electron chi connectivity index (χ0n) is 15.7. The summed E-state index contributed by atoms with van der Waals surface area (Å²) in [5.74, 6) is 0.544. The summed E-state index contributed by atoms with van der Waals surface area (Å²) < 4.78 is 10.3. The van der Waals surface area contributed by atoms with Crippen LogP contribution in [0.25, 0.3) is 0 Å². The molecule has 0 aliphatic heterocycles. The number of unbranched alkanes of at least 4 members (excludes halogenated alkanes) is 7. The Bertz CT molecular complexity index is 439. The van der Waals surface area contributed by atoms with E-state index in [1.165, 1.54) is 56.9 Å². The van der Waals surface area contributed by atoms with Gasteiger partial charge in [0.05, 0.1) is 0 Å². The summed E-state index contributed by atoms with van der Waals surface area (Å²) in [5.41, 5.74) is 1.30. The summed E-state index contributed by atoms with van der Waals surface area (Å²) in [6.45, 7) is 6.08. The number of rotatable bonds is 12. The third-order valence-corrected chi connectivity index (χ3v) is 4.32. The predicted octanol–water partition coefficient (Wildman–Crippen LogP) is 6.68. The lowest BCUT2D eigenvalue weighted by Gasteiger charge is -2.11. The molecule has 1 rings (SSSR count). The first-order chi connectivity index (χ1) is 11.7. The Morgan fingerprint density at radius 2 is 1.50 bits per heavy atom. The quantitative estimate of drug-likeness (QED) is 0.243. The van der Waals surface area contributed by atoms with Gasteiger partial charge in [-0.05, 0) is 43.9 Å². The number of carbonyl (C=O) groups excluding carboxylic acids is 1. The first-order valence-electron chi connectivity index (χ1n) is 9.63. The van der Waals surface area contributed by atoms with E-state index in [1.807, 2.05) is 38.1 Å². The average Bonchev–Trinajstić information content (AvgIpc) is 2.58. The molecular formula is C21H34O3. The van der Waals surface area contributed by atoms with Gasteiger partial charge in [0.15, 0.2) is 0 Å². The molecule has 3 heteroatoms. The second-order valence-electron chi connectivity index (χ2n) is 6.56. The summed E-state index contributed by atoms with van der Waals surface area (Å²) in [6.07, 6.45) is 11.8. The highest BCUT2D eigenvalue weighted by Gasteiger charge is 2.09.